The molecule has 0 aliphatic carbocycles. The third-order valence-corrected chi connectivity index (χ3v) is 2.47. The number of halogens is 1. The first kappa shape index (κ1) is 12.4. The van der Waals surface area contributed by atoms with E-state index in [4.69, 9.17) is 5.11 Å². The average molecular weight is 284 g/mol. The van der Waals surface area contributed by atoms with Crippen molar-refractivity contribution in [1.82, 2.24) is 5.32 Å². The maximum absolute atomic E-state index is 10.9. The number of aliphatic carboxylic acids is 1. The highest BCUT2D eigenvalue weighted by atomic mass is 79.9. The second kappa shape index (κ2) is 5.46. The normalized spacial score (nSPS) is 11.0. The van der Waals surface area contributed by atoms with Crippen LogP contribution in [0.15, 0.2) is 34.4 Å². The summed E-state index contributed by atoms with van der Waals surface area (Å²) >= 11 is 3.29. The summed E-state index contributed by atoms with van der Waals surface area (Å²) in [5.74, 6) is -1.59. The zero-order valence-corrected chi connectivity index (χ0v) is 10.1. The van der Waals surface area contributed by atoms with Gasteiger partial charge in [0.25, 0.3) is 0 Å². The van der Waals surface area contributed by atoms with Crippen LogP contribution in [-0.2, 0) is 9.59 Å². The molecule has 84 valence electrons. The minimum atomic E-state index is -1.18. The number of hydrogen-bond acceptors (Lipinski definition) is 2. The van der Waals surface area contributed by atoms with E-state index in [1.54, 1.807) is 18.2 Å². The van der Waals surface area contributed by atoms with Crippen LogP contribution in [0.25, 0.3) is 6.08 Å². The maximum Gasteiger partial charge on any atom is 0.352 e. The Morgan fingerprint density at radius 1 is 1.38 bits per heavy atom. The molecule has 1 aromatic carbocycles. The van der Waals surface area contributed by atoms with Crippen LogP contribution < -0.4 is 5.32 Å². The summed E-state index contributed by atoms with van der Waals surface area (Å²) in [6, 6.07) is 7.14. The van der Waals surface area contributed by atoms with E-state index < -0.39 is 11.9 Å². The Morgan fingerprint density at radius 2 is 2.00 bits per heavy atom. The number of hydrogen-bond donors (Lipinski definition) is 2. The fourth-order valence-corrected chi connectivity index (χ4v) is 1.49. The zero-order chi connectivity index (χ0) is 12.1. The Morgan fingerprint density at radius 3 is 2.50 bits per heavy atom. The number of benzene rings is 1. The van der Waals surface area contributed by atoms with Gasteiger partial charge >= 0.3 is 5.97 Å². The van der Waals surface area contributed by atoms with Crippen LogP contribution in [0, 0.1) is 0 Å². The first-order chi connectivity index (χ1) is 7.50. The van der Waals surface area contributed by atoms with Crippen LogP contribution in [0.3, 0.4) is 0 Å². The van der Waals surface area contributed by atoms with Gasteiger partial charge in [-0.15, -0.1) is 0 Å². The molecule has 0 unspecified atom stereocenters. The lowest BCUT2D eigenvalue weighted by atomic mass is 10.2. The van der Waals surface area contributed by atoms with Gasteiger partial charge in [-0.1, -0.05) is 34.1 Å². The maximum atomic E-state index is 10.9. The molecule has 0 spiro atoms. The molecule has 1 rings (SSSR count). The van der Waals surface area contributed by atoms with Gasteiger partial charge in [0, 0.05) is 11.4 Å². The van der Waals surface area contributed by atoms with Crippen LogP contribution in [-0.4, -0.2) is 17.0 Å². The molecule has 1 aromatic rings. The Kier molecular flexibility index (Phi) is 4.25. The molecule has 0 atom stereocenters. The van der Waals surface area contributed by atoms with E-state index in [2.05, 4.69) is 21.2 Å². The fraction of sp³-hybridized carbons (Fsp3) is 0.0909. The van der Waals surface area contributed by atoms with Crippen LogP contribution >= 0.6 is 15.9 Å². The zero-order valence-electron chi connectivity index (χ0n) is 8.53. The highest BCUT2D eigenvalue weighted by Crippen LogP contribution is 2.18. The SMILES string of the molecule is CC(=O)N/C(=C\c1ccccc1Br)C(=O)O. The van der Waals surface area contributed by atoms with Gasteiger partial charge in [-0.3, -0.25) is 4.79 Å². The molecule has 1 amide bonds. The van der Waals surface area contributed by atoms with Gasteiger partial charge in [-0.25, -0.2) is 4.79 Å². The fourth-order valence-electron chi connectivity index (χ4n) is 1.09. The smallest absolute Gasteiger partial charge is 0.352 e. The topological polar surface area (TPSA) is 66.4 Å². The van der Waals surface area contributed by atoms with E-state index in [-0.39, 0.29) is 5.70 Å². The van der Waals surface area contributed by atoms with Gasteiger partial charge in [0.2, 0.25) is 5.91 Å². The van der Waals surface area contributed by atoms with Gasteiger partial charge in [0.05, 0.1) is 0 Å². The summed E-state index contributed by atoms with van der Waals surface area (Å²) in [5, 5.41) is 11.1. The largest absolute Gasteiger partial charge is 0.477 e. The first-order valence-electron chi connectivity index (χ1n) is 4.48. The van der Waals surface area contributed by atoms with Crippen LogP contribution in [0.5, 0.6) is 0 Å². The van der Waals surface area contributed by atoms with Crippen molar-refractivity contribution in [2.75, 3.05) is 0 Å². The van der Waals surface area contributed by atoms with E-state index in [1.165, 1.54) is 13.0 Å². The molecule has 0 bridgehead atoms. The molecule has 0 fully saturated rings. The van der Waals surface area contributed by atoms with Crippen molar-refractivity contribution in [3.63, 3.8) is 0 Å². The Labute approximate surface area is 101 Å². The summed E-state index contributed by atoms with van der Waals surface area (Å²) in [5.41, 5.74) is 0.535. The number of amides is 1. The third kappa shape index (κ3) is 3.51. The molecule has 0 aliphatic heterocycles. The van der Waals surface area contributed by atoms with Crippen molar-refractivity contribution in [3.05, 3.63) is 40.0 Å². The van der Waals surface area contributed by atoms with Crippen LogP contribution in [0.2, 0.25) is 0 Å². The molecule has 0 aliphatic rings. The molecule has 16 heavy (non-hydrogen) atoms. The molecule has 2 N–H and O–H groups in total. The molecule has 5 heteroatoms. The number of carbonyl (C=O) groups is 2. The van der Waals surface area contributed by atoms with E-state index in [1.807, 2.05) is 6.07 Å². The van der Waals surface area contributed by atoms with Crippen molar-refractivity contribution in [3.8, 4) is 0 Å². The number of rotatable bonds is 3. The second-order valence-electron chi connectivity index (χ2n) is 3.07. The first-order valence-corrected chi connectivity index (χ1v) is 5.27. The number of carboxylic acid groups (broad SMARTS) is 1. The quantitative estimate of drug-likeness (QED) is 0.834. The summed E-state index contributed by atoms with van der Waals surface area (Å²) in [6.07, 6.45) is 1.40. The lowest BCUT2D eigenvalue weighted by molar-refractivity contribution is -0.134. The number of nitrogens with one attached hydrogen (secondary N) is 1. The van der Waals surface area contributed by atoms with Crippen molar-refractivity contribution in [2.24, 2.45) is 0 Å². The average Bonchev–Trinajstić information content (AvgIpc) is 2.19. The highest BCUT2D eigenvalue weighted by Gasteiger charge is 2.09. The Hall–Kier alpha value is -1.62. The monoisotopic (exact) mass is 283 g/mol. The minimum absolute atomic E-state index is 0.153. The lowest BCUT2D eigenvalue weighted by Gasteiger charge is -2.04. The van der Waals surface area contributed by atoms with Crippen molar-refractivity contribution in [1.29, 1.82) is 0 Å². The molecule has 0 aromatic heterocycles. The lowest BCUT2D eigenvalue weighted by Crippen LogP contribution is -2.24. The van der Waals surface area contributed by atoms with Crippen molar-refractivity contribution < 1.29 is 14.7 Å². The predicted molar refractivity (Wildman–Crippen MR) is 63.6 cm³/mol. The number of carbonyl (C=O) groups excluding carboxylic acids is 1. The second-order valence-corrected chi connectivity index (χ2v) is 3.92. The Balaban J connectivity index is 3.07. The van der Waals surface area contributed by atoms with Crippen LogP contribution in [0.4, 0.5) is 0 Å². The van der Waals surface area contributed by atoms with E-state index in [0.717, 1.165) is 4.47 Å². The molecule has 0 saturated heterocycles. The van der Waals surface area contributed by atoms with E-state index in [0.29, 0.717) is 5.56 Å². The van der Waals surface area contributed by atoms with Gasteiger partial charge in [-0.05, 0) is 17.7 Å². The van der Waals surface area contributed by atoms with Gasteiger partial charge in [-0.2, -0.15) is 0 Å². The summed E-state index contributed by atoms with van der Waals surface area (Å²) in [7, 11) is 0. The van der Waals surface area contributed by atoms with E-state index >= 15 is 0 Å². The minimum Gasteiger partial charge on any atom is -0.477 e. The molecular formula is C11H10BrNO3. The van der Waals surface area contributed by atoms with Gasteiger partial charge in [0.15, 0.2) is 0 Å². The Bertz CT molecular complexity index is 454. The standard InChI is InChI=1S/C11H10BrNO3/c1-7(14)13-10(11(15)16)6-8-4-2-3-5-9(8)12/h2-6H,1H3,(H,13,14)(H,15,16)/b10-6-. The van der Waals surface area contributed by atoms with E-state index in [9.17, 15) is 9.59 Å². The van der Waals surface area contributed by atoms with Gasteiger partial charge in [0.1, 0.15) is 5.70 Å². The van der Waals surface area contributed by atoms with Crippen molar-refractivity contribution in [2.45, 2.75) is 6.92 Å². The molecule has 4 nitrogen and oxygen atoms in total. The molecular weight excluding hydrogens is 274 g/mol. The summed E-state index contributed by atoms with van der Waals surface area (Å²) in [4.78, 5) is 21.7. The summed E-state index contributed by atoms with van der Waals surface area (Å²) < 4.78 is 0.763. The highest BCUT2D eigenvalue weighted by molar-refractivity contribution is 9.10. The molecule has 0 radical (unpaired) electrons. The van der Waals surface area contributed by atoms with Crippen molar-refractivity contribution >= 4 is 33.9 Å². The third-order valence-electron chi connectivity index (χ3n) is 1.75. The predicted octanol–water partition coefficient (Wildman–Crippen LogP) is 2.01. The molecule has 0 saturated carbocycles. The molecule has 0 heterocycles. The van der Waals surface area contributed by atoms with Crippen LogP contribution in [0.1, 0.15) is 12.5 Å². The summed E-state index contributed by atoms with van der Waals surface area (Å²) in [6.45, 7) is 1.26. The number of carboxylic acids is 1. The van der Waals surface area contributed by atoms with Gasteiger partial charge < -0.3 is 10.4 Å².